The third kappa shape index (κ3) is 3.21. The van der Waals surface area contributed by atoms with Gasteiger partial charge in [-0.1, -0.05) is 0 Å². The van der Waals surface area contributed by atoms with Gasteiger partial charge in [0, 0.05) is 19.6 Å². The van der Waals surface area contributed by atoms with Crippen LogP contribution in [0.25, 0.3) is 0 Å². The Balaban J connectivity index is 1.56. The summed E-state index contributed by atoms with van der Waals surface area (Å²) in [6.45, 7) is 4.09. The molecule has 0 aromatic carbocycles. The molecule has 0 aromatic rings. The molecule has 17 heavy (non-hydrogen) atoms. The van der Waals surface area contributed by atoms with Crippen LogP contribution in [0.15, 0.2) is 0 Å². The van der Waals surface area contributed by atoms with E-state index < -0.39 is 0 Å². The van der Waals surface area contributed by atoms with Crippen LogP contribution in [0.3, 0.4) is 0 Å². The summed E-state index contributed by atoms with van der Waals surface area (Å²) in [4.78, 5) is 14.7. The summed E-state index contributed by atoms with van der Waals surface area (Å²) in [7, 11) is 0. The predicted molar refractivity (Wildman–Crippen MR) is 67.6 cm³/mol. The zero-order valence-electron chi connectivity index (χ0n) is 10.7. The van der Waals surface area contributed by atoms with Gasteiger partial charge in [0.15, 0.2) is 0 Å². The van der Waals surface area contributed by atoms with Gasteiger partial charge in [0.25, 0.3) is 0 Å². The van der Waals surface area contributed by atoms with E-state index in [1.807, 2.05) is 0 Å². The van der Waals surface area contributed by atoms with Gasteiger partial charge in [-0.2, -0.15) is 0 Å². The number of amides is 1. The highest BCUT2D eigenvalue weighted by molar-refractivity contribution is 5.79. The topological polar surface area (TPSA) is 32.3 Å². The standard InChI is InChI=1S/C14H24N2O/c17-14(13-2-1-7-15-8-13)16(9-11-3-4-11)10-12-5-6-12/h11-13,15H,1-10H2/t13-/m1/s1. The lowest BCUT2D eigenvalue weighted by atomic mass is 9.98. The highest BCUT2D eigenvalue weighted by atomic mass is 16.2. The molecule has 96 valence electrons. The van der Waals surface area contributed by atoms with E-state index in [0.717, 1.165) is 50.9 Å². The first-order valence-corrected chi connectivity index (χ1v) is 7.32. The Morgan fingerprint density at radius 3 is 2.18 bits per heavy atom. The molecule has 3 fully saturated rings. The molecule has 3 nitrogen and oxygen atoms in total. The number of carbonyl (C=O) groups excluding carboxylic acids is 1. The van der Waals surface area contributed by atoms with Gasteiger partial charge in [-0.05, 0) is 56.9 Å². The van der Waals surface area contributed by atoms with Crippen LogP contribution >= 0.6 is 0 Å². The molecule has 1 N–H and O–H groups in total. The van der Waals surface area contributed by atoms with Crippen LogP contribution in [0.5, 0.6) is 0 Å². The molecule has 0 radical (unpaired) electrons. The summed E-state index contributed by atoms with van der Waals surface area (Å²) in [5.74, 6) is 2.36. The second-order valence-electron chi connectivity index (χ2n) is 6.17. The molecule has 0 unspecified atom stereocenters. The van der Waals surface area contributed by atoms with E-state index in [0.29, 0.717) is 5.91 Å². The maximum Gasteiger partial charge on any atom is 0.226 e. The Labute approximate surface area is 104 Å². The van der Waals surface area contributed by atoms with Crippen LogP contribution in [0, 0.1) is 17.8 Å². The van der Waals surface area contributed by atoms with Crippen molar-refractivity contribution < 1.29 is 4.79 Å². The van der Waals surface area contributed by atoms with Crippen LogP contribution in [0.4, 0.5) is 0 Å². The number of rotatable bonds is 5. The summed E-state index contributed by atoms with van der Waals surface area (Å²) in [6.07, 6.45) is 7.64. The Morgan fingerprint density at radius 1 is 1.06 bits per heavy atom. The molecule has 1 aliphatic heterocycles. The highest BCUT2D eigenvalue weighted by Crippen LogP contribution is 2.34. The minimum Gasteiger partial charge on any atom is -0.342 e. The van der Waals surface area contributed by atoms with Crippen molar-refractivity contribution in [2.75, 3.05) is 26.2 Å². The van der Waals surface area contributed by atoms with Crippen LogP contribution in [0.1, 0.15) is 38.5 Å². The fourth-order valence-electron chi connectivity index (χ4n) is 2.80. The van der Waals surface area contributed by atoms with Gasteiger partial charge in [0.1, 0.15) is 0 Å². The summed E-state index contributed by atoms with van der Waals surface area (Å²) < 4.78 is 0. The fraction of sp³-hybridized carbons (Fsp3) is 0.929. The second kappa shape index (κ2) is 4.97. The number of hydrogen-bond donors (Lipinski definition) is 1. The quantitative estimate of drug-likeness (QED) is 0.787. The van der Waals surface area contributed by atoms with E-state index in [9.17, 15) is 4.79 Å². The molecule has 3 aliphatic rings. The number of nitrogens with one attached hydrogen (secondary N) is 1. The SMILES string of the molecule is O=C([C@@H]1CCCNC1)N(CC1CC1)CC1CC1. The molecular weight excluding hydrogens is 212 g/mol. The van der Waals surface area contributed by atoms with E-state index in [1.54, 1.807) is 0 Å². The summed E-state index contributed by atoms with van der Waals surface area (Å²) in [5, 5.41) is 3.36. The summed E-state index contributed by atoms with van der Waals surface area (Å²) in [6, 6.07) is 0. The molecule has 1 amide bonds. The summed E-state index contributed by atoms with van der Waals surface area (Å²) in [5.41, 5.74) is 0. The van der Waals surface area contributed by atoms with Gasteiger partial charge < -0.3 is 10.2 Å². The van der Waals surface area contributed by atoms with Crippen molar-refractivity contribution in [3.63, 3.8) is 0 Å². The predicted octanol–water partition coefficient (Wildman–Crippen LogP) is 1.63. The van der Waals surface area contributed by atoms with E-state index in [1.165, 1.54) is 25.7 Å². The first-order valence-electron chi connectivity index (χ1n) is 7.32. The van der Waals surface area contributed by atoms with Crippen molar-refractivity contribution in [2.24, 2.45) is 17.8 Å². The normalized spacial score (nSPS) is 29.1. The van der Waals surface area contributed by atoms with Crippen molar-refractivity contribution >= 4 is 5.91 Å². The van der Waals surface area contributed by atoms with Crippen LogP contribution in [-0.2, 0) is 4.79 Å². The Kier molecular flexibility index (Phi) is 3.37. The molecule has 0 bridgehead atoms. The largest absolute Gasteiger partial charge is 0.342 e. The van der Waals surface area contributed by atoms with Gasteiger partial charge in [0.05, 0.1) is 5.92 Å². The monoisotopic (exact) mass is 236 g/mol. The van der Waals surface area contributed by atoms with Crippen molar-refractivity contribution in [2.45, 2.75) is 38.5 Å². The minimum absolute atomic E-state index is 0.265. The third-order valence-corrected chi connectivity index (χ3v) is 4.31. The second-order valence-corrected chi connectivity index (χ2v) is 6.17. The van der Waals surface area contributed by atoms with Crippen molar-refractivity contribution in [1.82, 2.24) is 10.2 Å². The van der Waals surface area contributed by atoms with Gasteiger partial charge in [-0.3, -0.25) is 4.79 Å². The summed E-state index contributed by atoms with van der Waals surface area (Å²) >= 11 is 0. The Hall–Kier alpha value is -0.570. The van der Waals surface area contributed by atoms with Crippen LogP contribution in [0.2, 0.25) is 0 Å². The molecule has 3 rings (SSSR count). The van der Waals surface area contributed by atoms with Gasteiger partial charge in [0.2, 0.25) is 5.91 Å². The first kappa shape index (κ1) is 11.5. The molecule has 3 heteroatoms. The maximum absolute atomic E-state index is 12.5. The van der Waals surface area contributed by atoms with Crippen LogP contribution < -0.4 is 5.32 Å². The molecule has 2 saturated carbocycles. The van der Waals surface area contributed by atoms with E-state index in [2.05, 4.69) is 10.2 Å². The smallest absolute Gasteiger partial charge is 0.226 e. The Bertz CT molecular complexity index is 264. The molecule has 0 aromatic heterocycles. The molecule has 1 atom stereocenters. The van der Waals surface area contributed by atoms with Gasteiger partial charge >= 0.3 is 0 Å². The molecule has 0 spiro atoms. The number of carbonyl (C=O) groups is 1. The maximum atomic E-state index is 12.5. The van der Waals surface area contributed by atoms with Crippen LogP contribution in [-0.4, -0.2) is 37.0 Å². The highest BCUT2D eigenvalue weighted by Gasteiger charge is 2.34. The lowest BCUT2D eigenvalue weighted by Crippen LogP contribution is -2.44. The van der Waals surface area contributed by atoms with Crippen molar-refractivity contribution in [1.29, 1.82) is 0 Å². The Morgan fingerprint density at radius 2 is 1.71 bits per heavy atom. The number of nitrogens with zero attached hydrogens (tertiary/aromatic N) is 1. The average Bonchev–Trinajstić information content (AvgIpc) is 3.23. The zero-order valence-corrected chi connectivity index (χ0v) is 10.7. The van der Waals surface area contributed by atoms with E-state index in [4.69, 9.17) is 0 Å². The molecule has 1 saturated heterocycles. The minimum atomic E-state index is 0.265. The average molecular weight is 236 g/mol. The van der Waals surface area contributed by atoms with Gasteiger partial charge in [-0.25, -0.2) is 0 Å². The molecule has 2 aliphatic carbocycles. The van der Waals surface area contributed by atoms with Gasteiger partial charge in [-0.15, -0.1) is 0 Å². The molecular formula is C14H24N2O. The van der Waals surface area contributed by atoms with Crippen molar-refractivity contribution in [3.05, 3.63) is 0 Å². The van der Waals surface area contributed by atoms with E-state index >= 15 is 0 Å². The fourth-order valence-corrected chi connectivity index (χ4v) is 2.80. The zero-order chi connectivity index (χ0) is 11.7. The molecule has 1 heterocycles. The van der Waals surface area contributed by atoms with Crippen molar-refractivity contribution in [3.8, 4) is 0 Å². The number of hydrogen-bond acceptors (Lipinski definition) is 2. The number of piperidine rings is 1. The first-order chi connectivity index (χ1) is 8.33. The lowest BCUT2D eigenvalue weighted by molar-refractivity contribution is -0.136. The van der Waals surface area contributed by atoms with E-state index in [-0.39, 0.29) is 5.92 Å². The lowest BCUT2D eigenvalue weighted by Gasteiger charge is -2.30. The third-order valence-electron chi connectivity index (χ3n) is 4.31.